The highest BCUT2D eigenvalue weighted by Gasteiger charge is 2.42. The third kappa shape index (κ3) is 3.27. The topological polar surface area (TPSA) is 98.1 Å². The average molecular weight is 299 g/mol. The van der Waals surface area contributed by atoms with E-state index in [2.05, 4.69) is 0 Å². The molecule has 1 aliphatic heterocycles. The largest absolute Gasteiger partial charge is 0.481 e. The standard InChI is InChI=1S/C13H18NO5P/c15-13(16)12(10-6-2-1-3-7-10)11-8-4-5-9-14(11)20(17,18)19/h1-3,6-7,11-12H,4-5,8-9H2,(H,15,16)(H2,17,18,19). The molecule has 1 fully saturated rings. The lowest BCUT2D eigenvalue weighted by Gasteiger charge is -2.38. The molecule has 0 aliphatic carbocycles. The second kappa shape index (κ2) is 6.06. The Morgan fingerprint density at radius 1 is 1.25 bits per heavy atom. The molecule has 0 saturated carbocycles. The summed E-state index contributed by atoms with van der Waals surface area (Å²) in [6.45, 7) is 0.228. The molecular weight excluding hydrogens is 281 g/mol. The van der Waals surface area contributed by atoms with Crippen molar-refractivity contribution in [1.29, 1.82) is 0 Å². The van der Waals surface area contributed by atoms with E-state index in [-0.39, 0.29) is 6.54 Å². The van der Waals surface area contributed by atoms with Gasteiger partial charge in [-0.2, -0.15) is 0 Å². The number of hydrogen-bond donors (Lipinski definition) is 3. The second-order valence-electron chi connectivity index (χ2n) is 4.97. The summed E-state index contributed by atoms with van der Waals surface area (Å²) >= 11 is 0. The SMILES string of the molecule is O=C(O)C(c1ccccc1)C1CCCCN1P(=O)(O)O. The molecule has 0 amide bonds. The average Bonchev–Trinajstić information content (AvgIpc) is 2.39. The molecule has 1 aliphatic rings. The highest BCUT2D eigenvalue weighted by atomic mass is 31.2. The van der Waals surface area contributed by atoms with Gasteiger partial charge in [-0.25, -0.2) is 9.24 Å². The number of aliphatic carboxylic acids is 1. The maximum Gasteiger partial charge on any atom is 0.403 e. The van der Waals surface area contributed by atoms with Crippen LogP contribution >= 0.6 is 7.75 Å². The zero-order chi connectivity index (χ0) is 14.8. The van der Waals surface area contributed by atoms with Gasteiger partial charge in [-0.3, -0.25) is 4.79 Å². The molecule has 1 aromatic rings. The molecule has 0 spiro atoms. The fourth-order valence-corrected chi connectivity index (χ4v) is 3.83. The minimum atomic E-state index is -4.44. The zero-order valence-electron chi connectivity index (χ0n) is 10.9. The van der Waals surface area contributed by atoms with Crippen molar-refractivity contribution in [3.8, 4) is 0 Å². The Balaban J connectivity index is 2.37. The summed E-state index contributed by atoms with van der Waals surface area (Å²) in [7, 11) is -4.44. The monoisotopic (exact) mass is 299 g/mol. The van der Waals surface area contributed by atoms with Gasteiger partial charge in [0.15, 0.2) is 0 Å². The van der Waals surface area contributed by atoms with Crippen molar-refractivity contribution in [2.75, 3.05) is 6.54 Å². The smallest absolute Gasteiger partial charge is 0.403 e. The fourth-order valence-electron chi connectivity index (χ4n) is 2.79. The van der Waals surface area contributed by atoms with Crippen LogP contribution in [0.25, 0.3) is 0 Å². The summed E-state index contributed by atoms with van der Waals surface area (Å²) < 4.78 is 12.6. The lowest BCUT2D eigenvalue weighted by Crippen LogP contribution is -2.43. The van der Waals surface area contributed by atoms with Gasteiger partial charge in [0.1, 0.15) is 0 Å². The minimum Gasteiger partial charge on any atom is -0.481 e. The number of carboxylic acid groups (broad SMARTS) is 1. The molecule has 0 aromatic heterocycles. The number of carbonyl (C=O) groups is 1. The summed E-state index contributed by atoms with van der Waals surface area (Å²) in [5.74, 6) is -1.98. The van der Waals surface area contributed by atoms with Crippen molar-refractivity contribution < 1.29 is 24.3 Å². The molecule has 0 bridgehead atoms. The van der Waals surface area contributed by atoms with Gasteiger partial charge in [0.25, 0.3) is 0 Å². The van der Waals surface area contributed by atoms with Crippen molar-refractivity contribution in [2.24, 2.45) is 0 Å². The van der Waals surface area contributed by atoms with Crippen LogP contribution in [0.5, 0.6) is 0 Å². The molecule has 110 valence electrons. The Kier molecular flexibility index (Phi) is 4.60. The van der Waals surface area contributed by atoms with Crippen LogP contribution < -0.4 is 0 Å². The van der Waals surface area contributed by atoms with Crippen LogP contribution in [0.1, 0.15) is 30.7 Å². The molecule has 6 nitrogen and oxygen atoms in total. The molecular formula is C13H18NO5P. The first-order valence-corrected chi connectivity index (χ1v) is 8.08. The second-order valence-corrected chi connectivity index (χ2v) is 6.51. The normalized spacial score (nSPS) is 22.4. The van der Waals surface area contributed by atoms with E-state index in [1.54, 1.807) is 30.3 Å². The van der Waals surface area contributed by atoms with Crippen molar-refractivity contribution in [3.63, 3.8) is 0 Å². The summed E-state index contributed by atoms with van der Waals surface area (Å²) in [6, 6.07) is 7.94. The first-order valence-electron chi connectivity index (χ1n) is 6.51. The Labute approximate surface area is 117 Å². The molecule has 1 aromatic carbocycles. The Morgan fingerprint density at radius 3 is 2.45 bits per heavy atom. The minimum absolute atomic E-state index is 0.228. The molecule has 2 atom stereocenters. The van der Waals surface area contributed by atoms with Crippen LogP contribution in [0.4, 0.5) is 0 Å². The maximum atomic E-state index is 11.6. The summed E-state index contributed by atoms with van der Waals surface area (Å²) in [5.41, 5.74) is 0.574. The molecule has 2 rings (SSSR count). The van der Waals surface area contributed by atoms with Crippen molar-refractivity contribution in [1.82, 2.24) is 4.67 Å². The third-order valence-electron chi connectivity index (χ3n) is 3.66. The predicted molar refractivity (Wildman–Crippen MR) is 73.2 cm³/mol. The molecule has 7 heteroatoms. The number of piperidine rings is 1. The number of carboxylic acids is 1. The molecule has 0 radical (unpaired) electrons. The fraction of sp³-hybridized carbons (Fsp3) is 0.462. The summed E-state index contributed by atoms with van der Waals surface area (Å²) in [6.07, 6.45) is 1.91. The van der Waals surface area contributed by atoms with Crippen LogP contribution in [0.2, 0.25) is 0 Å². The summed E-state index contributed by atoms with van der Waals surface area (Å²) in [5, 5.41) is 9.48. The van der Waals surface area contributed by atoms with E-state index >= 15 is 0 Å². The summed E-state index contributed by atoms with van der Waals surface area (Å²) in [4.78, 5) is 30.5. The number of hydrogen-bond acceptors (Lipinski definition) is 2. The molecule has 1 saturated heterocycles. The van der Waals surface area contributed by atoms with Gasteiger partial charge in [-0.1, -0.05) is 36.8 Å². The number of benzene rings is 1. The van der Waals surface area contributed by atoms with Gasteiger partial charge >= 0.3 is 13.7 Å². The Hall–Kier alpha value is -1.20. The van der Waals surface area contributed by atoms with Crippen LogP contribution in [0, 0.1) is 0 Å². The van der Waals surface area contributed by atoms with Gasteiger partial charge in [0.2, 0.25) is 0 Å². The van der Waals surface area contributed by atoms with Crippen LogP contribution in [0.15, 0.2) is 30.3 Å². The van der Waals surface area contributed by atoms with E-state index < -0.39 is 25.7 Å². The molecule has 2 unspecified atom stereocenters. The van der Waals surface area contributed by atoms with Gasteiger partial charge in [0.05, 0.1) is 5.92 Å². The Morgan fingerprint density at radius 2 is 1.90 bits per heavy atom. The maximum absolute atomic E-state index is 11.6. The first kappa shape index (κ1) is 15.2. The Bertz CT molecular complexity index is 515. The van der Waals surface area contributed by atoms with E-state index in [1.165, 1.54) is 0 Å². The van der Waals surface area contributed by atoms with Gasteiger partial charge < -0.3 is 14.9 Å². The molecule has 3 N–H and O–H groups in total. The van der Waals surface area contributed by atoms with E-state index in [0.29, 0.717) is 18.4 Å². The highest BCUT2D eigenvalue weighted by molar-refractivity contribution is 7.49. The van der Waals surface area contributed by atoms with E-state index in [4.69, 9.17) is 0 Å². The van der Waals surface area contributed by atoms with Gasteiger partial charge in [0, 0.05) is 12.6 Å². The number of rotatable bonds is 4. The third-order valence-corrected chi connectivity index (χ3v) is 4.83. The molecule has 1 heterocycles. The zero-order valence-corrected chi connectivity index (χ0v) is 11.8. The quantitative estimate of drug-likeness (QED) is 0.733. The highest BCUT2D eigenvalue weighted by Crippen LogP contribution is 2.47. The van der Waals surface area contributed by atoms with Crippen LogP contribution in [0.3, 0.4) is 0 Å². The predicted octanol–water partition coefficient (Wildman–Crippen LogP) is 1.80. The van der Waals surface area contributed by atoms with Crippen molar-refractivity contribution >= 4 is 13.7 Å². The van der Waals surface area contributed by atoms with Gasteiger partial charge in [-0.05, 0) is 18.4 Å². The lowest BCUT2D eigenvalue weighted by molar-refractivity contribution is -0.140. The van der Waals surface area contributed by atoms with E-state index in [1.807, 2.05) is 0 Å². The molecule has 20 heavy (non-hydrogen) atoms. The van der Waals surface area contributed by atoms with Crippen molar-refractivity contribution in [3.05, 3.63) is 35.9 Å². The van der Waals surface area contributed by atoms with Crippen molar-refractivity contribution in [2.45, 2.75) is 31.2 Å². The van der Waals surface area contributed by atoms with Crippen LogP contribution in [-0.4, -0.2) is 38.1 Å². The van der Waals surface area contributed by atoms with E-state index in [0.717, 1.165) is 11.1 Å². The van der Waals surface area contributed by atoms with Gasteiger partial charge in [-0.15, -0.1) is 0 Å². The van der Waals surface area contributed by atoms with E-state index in [9.17, 15) is 24.3 Å². The lowest BCUT2D eigenvalue weighted by atomic mass is 9.86. The first-order chi connectivity index (χ1) is 9.41. The van der Waals surface area contributed by atoms with Crippen LogP contribution in [-0.2, 0) is 9.36 Å². The number of nitrogens with zero attached hydrogens (tertiary/aromatic N) is 1.